The van der Waals surface area contributed by atoms with Gasteiger partial charge in [-0.15, -0.1) is 0 Å². The van der Waals surface area contributed by atoms with Crippen LogP contribution in [0.1, 0.15) is 37.8 Å². The lowest BCUT2D eigenvalue weighted by molar-refractivity contribution is -0.130. The second-order valence-electron chi connectivity index (χ2n) is 7.37. The van der Waals surface area contributed by atoms with Crippen molar-refractivity contribution in [1.82, 2.24) is 15.1 Å². The van der Waals surface area contributed by atoms with Crippen molar-refractivity contribution in [2.75, 3.05) is 13.6 Å². The number of amides is 1. The number of aryl methyl sites for hydroxylation is 1. The standard InChI is InChI=1S/C19H25N3O/c1-18(2)13-19(18,16-7-5-4-6-8-16)14-22(3)17(23)10-9-15-11-20-21-12-15/h4-8,11-12H,9-10,13-14H2,1-3H3,(H,20,21)/t19-/m0/s1. The molecule has 0 unspecified atom stereocenters. The van der Waals surface area contributed by atoms with Crippen molar-refractivity contribution >= 4 is 5.91 Å². The number of nitrogens with zero attached hydrogens (tertiary/aromatic N) is 2. The zero-order valence-corrected chi connectivity index (χ0v) is 14.2. The zero-order valence-electron chi connectivity index (χ0n) is 14.2. The minimum atomic E-state index is 0.0916. The highest BCUT2D eigenvalue weighted by atomic mass is 16.2. The van der Waals surface area contributed by atoms with Gasteiger partial charge in [0, 0.05) is 31.6 Å². The van der Waals surface area contributed by atoms with Gasteiger partial charge in [-0.25, -0.2) is 0 Å². The Morgan fingerprint density at radius 2 is 2.00 bits per heavy atom. The van der Waals surface area contributed by atoms with Crippen molar-refractivity contribution in [3.05, 3.63) is 53.9 Å². The van der Waals surface area contributed by atoms with Gasteiger partial charge in [-0.3, -0.25) is 9.89 Å². The normalized spacial score (nSPS) is 21.9. The Bertz CT molecular complexity index is 663. The molecule has 1 heterocycles. The van der Waals surface area contributed by atoms with Crippen LogP contribution in [-0.2, 0) is 16.6 Å². The maximum Gasteiger partial charge on any atom is 0.222 e. The van der Waals surface area contributed by atoms with E-state index in [4.69, 9.17) is 0 Å². The number of carbonyl (C=O) groups excluding carboxylic acids is 1. The Hall–Kier alpha value is -2.10. The first-order valence-electron chi connectivity index (χ1n) is 8.22. The van der Waals surface area contributed by atoms with Crippen LogP contribution in [0.25, 0.3) is 0 Å². The maximum absolute atomic E-state index is 12.5. The summed E-state index contributed by atoms with van der Waals surface area (Å²) < 4.78 is 0. The molecule has 1 saturated carbocycles. The molecule has 23 heavy (non-hydrogen) atoms. The summed E-state index contributed by atoms with van der Waals surface area (Å²) in [5, 5.41) is 6.71. The lowest BCUT2D eigenvalue weighted by Gasteiger charge is -2.28. The van der Waals surface area contributed by atoms with E-state index in [1.165, 1.54) is 5.56 Å². The molecular weight excluding hydrogens is 286 g/mol. The molecule has 1 aromatic carbocycles. The van der Waals surface area contributed by atoms with Crippen LogP contribution in [-0.4, -0.2) is 34.6 Å². The highest BCUT2D eigenvalue weighted by molar-refractivity contribution is 5.76. The number of H-pyrrole nitrogens is 1. The number of benzene rings is 1. The Morgan fingerprint density at radius 3 is 2.57 bits per heavy atom. The van der Waals surface area contributed by atoms with Crippen molar-refractivity contribution in [2.45, 2.75) is 38.5 Å². The molecule has 0 aliphatic heterocycles. The first-order valence-corrected chi connectivity index (χ1v) is 8.22. The van der Waals surface area contributed by atoms with Crippen molar-refractivity contribution in [1.29, 1.82) is 0 Å². The minimum Gasteiger partial charge on any atom is -0.345 e. The highest BCUT2D eigenvalue weighted by Gasteiger charge is 2.62. The first kappa shape index (κ1) is 15.8. The van der Waals surface area contributed by atoms with Crippen LogP contribution in [0.2, 0.25) is 0 Å². The third-order valence-electron chi connectivity index (χ3n) is 5.36. The van der Waals surface area contributed by atoms with Gasteiger partial charge >= 0.3 is 0 Å². The predicted molar refractivity (Wildman–Crippen MR) is 91.1 cm³/mol. The van der Waals surface area contributed by atoms with Crippen molar-refractivity contribution < 1.29 is 4.79 Å². The van der Waals surface area contributed by atoms with Crippen LogP contribution in [0.5, 0.6) is 0 Å². The van der Waals surface area contributed by atoms with E-state index in [9.17, 15) is 4.79 Å². The van der Waals surface area contributed by atoms with Crippen LogP contribution in [0, 0.1) is 5.41 Å². The lowest BCUT2D eigenvalue weighted by atomic mass is 9.87. The quantitative estimate of drug-likeness (QED) is 0.891. The molecule has 1 aromatic heterocycles. The van der Waals surface area contributed by atoms with E-state index in [0.717, 1.165) is 24.9 Å². The SMILES string of the molecule is CN(C[C@]1(c2ccccc2)CC1(C)C)C(=O)CCc1cn[nH]c1. The summed E-state index contributed by atoms with van der Waals surface area (Å²) in [5.41, 5.74) is 2.76. The summed E-state index contributed by atoms with van der Waals surface area (Å²) in [6.45, 7) is 5.38. The number of aromatic amines is 1. The summed E-state index contributed by atoms with van der Waals surface area (Å²) in [7, 11) is 1.93. The molecule has 4 nitrogen and oxygen atoms in total. The van der Waals surface area contributed by atoms with Gasteiger partial charge in [-0.05, 0) is 29.4 Å². The smallest absolute Gasteiger partial charge is 0.222 e. The van der Waals surface area contributed by atoms with Gasteiger partial charge in [0.1, 0.15) is 0 Å². The highest BCUT2D eigenvalue weighted by Crippen LogP contribution is 2.64. The molecule has 0 spiro atoms. The van der Waals surface area contributed by atoms with Gasteiger partial charge in [0.15, 0.2) is 0 Å². The molecule has 0 radical (unpaired) electrons. The molecule has 122 valence electrons. The van der Waals surface area contributed by atoms with Crippen LogP contribution < -0.4 is 0 Å². The third kappa shape index (κ3) is 3.03. The molecule has 0 saturated heterocycles. The van der Waals surface area contributed by atoms with E-state index in [0.29, 0.717) is 6.42 Å². The van der Waals surface area contributed by atoms with E-state index >= 15 is 0 Å². The van der Waals surface area contributed by atoms with Gasteiger partial charge in [-0.2, -0.15) is 5.10 Å². The number of nitrogens with one attached hydrogen (secondary N) is 1. The van der Waals surface area contributed by atoms with Crippen LogP contribution in [0.4, 0.5) is 0 Å². The van der Waals surface area contributed by atoms with Crippen LogP contribution in [0.15, 0.2) is 42.7 Å². The molecule has 1 N–H and O–H groups in total. The number of aromatic nitrogens is 2. The van der Waals surface area contributed by atoms with Crippen molar-refractivity contribution in [2.24, 2.45) is 5.41 Å². The van der Waals surface area contributed by atoms with Gasteiger partial charge < -0.3 is 4.90 Å². The molecule has 0 bridgehead atoms. The Morgan fingerprint density at radius 1 is 1.30 bits per heavy atom. The van der Waals surface area contributed by atoms with Crippen LogP contribution in [0.3, 0.4) is 0 Å². The fourth-order valence-corrected chi connectivity index (χ4v) is 3.67. The van der Waals surface area contributed by atoms with Gasteiger partial charge in [0.2, 0.25) is 5.91 Å². The predicted octanol–water partition coefficient (Wildman–Crippen LogP) is 3.17. The van der Waals surface area contributed by atoms with E-state index in [-0.39, 0.29) is 16.7 Å². The van der Waals surface area contributed by atoms with Crippen molar-refractivity contribution in [3.63, 3.8) is 0 Å². The number of rotatable bonds is 6. The average Bonchev–Trinajstić information content (AvgIpc) is 2.92. The van der Waals surface area contributed by atoms with Gasteiger partial charge in [-0.1, -0.05) is 44.2 Å². The Balaban J connectivity index is 1.66. The molecule has 1 aliphatic rings. The van der Waals surface area contributed by atoms with E-state index < -0.39 is 0 Å². The number of likely N-dealkylation sites (N-methyl/N-ethyl adjacent to an activating group) is 1. The molecule has 1 aliphatic carbocycles. The summed E-state index contributed by atoms with van der Waals surface area (Å²) in [6, 6.07) is 10.6. The number of hydrogen-bond acceptors (Lipinski definition) is 2. The second kappa shape index (κ2) is 5.84. The molecule has 1 atom stereocenters. The van der Waals surface area contributed by atoms with E-state index in [1.54, 1.807) is 6.20 Å². The van der Waals surface area contributed by atoms with E-state index in [2.05, 4.69) is 48.3 Å². The zero-order chi connectivity index (χ0) is 16.5. The fraction of sp³-hybridized carbons (Fsp3) is 0.474. The molecule has 4 heteroatoms. The molecule has 1 amide bonds. The summed E-state index contributed by atoms with van der Waals surface area (Å²) >= 11 is 0. The molecule has 3 rings (SSSR count). The lowest BCUT2D eigenvalue weighted by Crippen LogP contribution is -2.36. The summed E-state index contributed by atoms with van der Waals surface area (Å²) in [4.78, 5) is 14.4. The van der Waals surface area contributed by atoms with E-state index in [1.807, 2.05) is 24.2 Å². The monoisotopic (exact) mass is 311 g/mol. The first-order chi connectivity index (χ1) is 10.9. The van der Waals surface area contributed by atoms with Gasteiger partial charge in [0.05, 0.1) is 6.20 Å². The second-order valence-corrected chi connectivity index (χ2v) is 7.37. The topological polar surface area (TPSA) is 49.0 Å². The van der Waals surface area contributed by atoms with Gasteiger partial charge in [0.25, 0.3) is 0 Å². The molecule has 1 fully saturated rings. The average molecular weight is 311 g/mol. The Kier molecular flexibility index (Phi) is 4.00. The molecule has 2 aromatic rings. The maximum atomic E-state index is 12.5. The minimum absolute atomic E-state index is 0.0916. The largest absolute Gasteiger partial charge is 0.345 e. The Labute approximate surface area is 137 Å². The number of hydrogen-bond donors (Lipinski definition) is 1. The fourth-order valence-electron chi connectivity index (χ4n) is 3.67. The third-order valence-corrected chi connectivity index (χ3v) is 5.36. The summed E-state index contributed by atoms with van der Waals surface area (Å²) in [5.74, 6) is 0.198. The summed E-state index contributed by atoms with van der Waals surface area (Å²) in [6.07, 6.45) is 6.03. The number of carbonyl (C=O) groups is 1. The van der Waals surface area contributed by atoms with Crippen LogP contribution >= 0.6 is 0 Å². The molecular formula is C19H25N3O. The van der Waals surface area contributed by atoms with Crippen molar-refractivity contribution in [3.8, 4) is 0 Å².